The highest BCUT2D eigenvalue weighted by Crippen LogP contribution is 2.31. The maximum absolute atomic E-state index is 11.9. The Morgan fingerprint density at radius 3 is 2.87 bits per heavy atom. The summed E-state index contributed by atoms with van der Waals surface area (Å²) in [5.41, 5.74) is 0.619. The first-order valence-electron chi connectivity index (χ1n) is 4.44. The van der Waals surface area contributed by atoms with Crippen LogP contribution in [0.2, 0.25) is 0 Å². The Balaban J connectivity index is 2.62. The second kappa shape index (κ2) is 3.39. The summed E-state index contributed by atoms with van der Waals surface area (Å²) < 4.78 is 30.1. The Bertz CT molecular complexity index is 484. The lowest BCUT2D eigenvalue weighted by Crippen LogP contribution is -2.36. The van der Waals surface area contributed by atoms with E-state index in [-0.39, 0.29) is 4.90 Å². The van der Waals surface area contributed by atoms with Crippen LogP contribution in [0.3, 0.4) is 0 Å². The molecular weight excluding hydrogens is 216 g/mol. The van der Waals surface area contributed by atoms with Gasteiger partial charge in [-0.2, -0.15) is 4.31 Å². The zero-order valence-electron chi connectivity index (χ0n) is 8.52. The molecule has 1 aromatic rings. The molecule has 0 saturated heterocycles. The van der Waals surface area contributed by atoms with Gasteiger partial charge in [0.15, 0.2) is 0 Å². The minimum Gasteiger partial charge on any atom is -0.497 e. The van der Waals surface area contributed by atoms with Crippen LogP contribution in [0.1, 0.15) is 0 Å². The smallest absolute Gasteiger partial charge is 0.246 e. The van der Waals surface area contributed by atoms with Gasteiger partial charge in [0.05, 0.1) is 19.5 Å². The van der Waals surface area contributed by atoms with E-state index in [4.69, 9.17) is 4.74 Å². The van der Waals surface area contributed by atoms with Gasteiger partial charge in [-0.3, -0.25) is 0 Å². The van der Waals surface area contributed by atoms with Crippen LogP contribution < -0.4 is 10.1 Å². The maximum Gasteiger partial charge on any atom is 0.246 e. The quantitative estimate of drug-likeness (QED) is 0.768. The number of hydrogen-bond acceptors (Lipinski definition) is 4. The van der Waals surface area contributed by atoms with Crippen LogP contribution in [-0.2, 0) is 10.0 Å². The van der Waals surface area contributed by atoms with Gasteiger partial charge in [0.2, 0.25) is 10.0 Å². The van der Waals surface area contributed by atoms with E-state index in [0.29, 0.717) is 18.1 Å². The number of hydrogen-bond donors (Lipinski definition) is 1. The third-order valence-electron chi connectivity index (χ3n) is 2.37. The molecule has 5 nitrogen and oxygen atoms in total. The first-order valence-corrected chi connectivity index (χ1v) is 5.88. The number of sulfonamides is 1. The molecular formula is C9H12N2O3S. The van der Waals surface area contributed by atoms with E-state index in [9.17, 15) is 8.42 Å². The predicted molar refractivity (Wildman–Crippen MR) is 56.4 cm³/mol. The molecule has 1 aromatic carbocycles. The van der Waals surface area contributed by atoms with Crippen molar-refractivity contribution in [1.29, 1.82) is 0 Å². The monoisotopic (exact) mass is 228 g/mol. The van der Waals surface area contributed by atoms with Crippen molar-refractivity contribution in [3.8, 4) is 5.75 Å². The van der Waals surface area contributed by atoms with E-state index in [1.54, 1.807) is 12.1 Å². The molecule has 0 bridgehead atoms. The Kier molecular flexibility index (Phi) is 2.32. The summed E-state index contributed by atoms with van der Waals surface area (Å²) in [7, 11) is -0.322. The van der Waals surface area contributed by atoms with Crippen LogP contribution in [0.25, 0.3) is 0 Å². The zero-order chi connectivity index (χ0) is 11.1. The van der Waals surface area contributed by atoms with Gasteiger partial charge in [-0.05, 0) is 12.1 Å². The molecule has 0 radical (unpaired) electrons. The Morgan fingerprint density at radius 1 is 1.47 bits per heavy atom. The molecule has 0 aromatic heterocycles. The molecule has 6 heteroatoms. The minimum absolute atomic E-state index is 0.260. The van der Waals surface area contributed by atoms with Gasteiger partial charge in [0, 0.05) is 13.1 Å². The minimum atomic E-state index is -3.36. The fourth-order valence-electron chi connectivity index (χ4n) is 1.44. The van der Waals surface area contributed by atoms with E-state index in [2.05, 4.69) is 5.32 Å². The maximum atomic E-state index is 11.9. The Morgan fingerprint density at radius 2 is 2.20 bits per heavy atom. The highest BCUT2D eigenvalue weighted by atomic mass is 32.2. The normalized spacial score (nSPS) is 19.1. The SMILES string of the molecule is COc1ccc2c(c1)S(=O)(=O)N(C)CN2. The fourth-order valence-corrected chi connectivity index (χ4v) is 2.69. The van der Waals surface area contributed by atoms with E-state index in [0.717, 1.165) is 0 Å². The second-order valence-electron chi connectivity index (χ2n) is 3.30. The van der Waals surface area contributed by atoms with E-state index in [1.807, 2.05) is 0 Å². The molecule has 0 unspecified atom stereocenters. The van der Waals surface area contributed by atoms with Gasteiger partial charge in [0.1, 0.15) is 10.6 Å². The zero-order valence-corrected chi connectivity index (χ0v) is 9.34. The average Bonchev–Trinajstić information content (AvgIpc) is 2.24. The summed E-state index contributed by atoms with van der Waals surface area (Å²) in [4.78, 5) is 0.260. The van der Waals surface area contributed by atoms with Crippen LogP contribution in [0.5, 0.6) is 5.75 Å². The number of anilines is 1. The summed E-state index contributed by atoms with van der Waals surface area (Å²) in [6.07, 6.45) is 0. The third-order valence-corrected chi connectivity index (χ3v) is 4.21. The third kappa shape index (κ3) is 1.55. The lowest BCUT2D eigenvalue weighted by Gasteiger charge is -2.26. The number of ether oxygens (including phenoxy) is 1. The van der Waals surface area contributed by atoms with E-state index >= 15 is 0 Å². The molecule has 0 saturated carbocycles. The van der Waals surface area contributed by atoms with Crippen molar-refractivity contribution < 1.29 is 13.2 Å². The lowest BCUT2D eigenvalue weighted by atomic mass is 10.3. The van der Waals surface area contributed by atoms with Gasteiger partial charge in [-0.15, -0.1) is 0 Å². The van der Waals surface area contributed by atoms with Crippen molar-refractivity contribution in [3.63, 3.8) is 0 Å². The molecule has 1 N–H and O–H groups in total. The van der Waals surface area contributed by atoms with Crippen LogP contribution in [0, 0.1) is 0 Å². The number of fused-ring (bicyclic) bond motifs is 1. The van der Waals surface area contributed by atoms with Crippen molar-refractivity contribution in [2.24, 2.45) is 0 Å². The van der Waals surface area contributed by atoms with Crippen LogP contribution in [-0.4, -0.2) is 33.5 Å². The topological polar surface area (TPSA) is 58.6 Å². The van der Waals surface area contributed by atoms with E-state index in [1.165, 1.54) is 24.5 Å². The standard InChI is InChI=1S/C9H12N2O3S/c1-11-6-10-8-4-3-7(14-2)5-9(8)15(11,12)13/h3-5,10H,6H2,1-2H3. The molecule has 0 spiro atoms. The molecule has 0 aliphatic carbocycles. The highest BCUT2D eigenvalue weighted by molar-refractivity contribution is 7.89. The van der Waals surface area contributed by atoms with Gasteiger partial charge in [-0.25, -0.2) is 8.42 Å². The van der Waals surface area contributed by atoms with Crippen molar-refractivity contribution in [3.05, 3.63) is 18.2 Å². The molecule has 0 amide bonds. The molecule has 2 rings (SSSR count). The summed E-state index contributed by atoms with van der Waals surface area (Å²) in [6.45, 7) is 0.293. The summed E-state index contributed by atoms with van der Waals surface area (Å²) in [5.74, 6) is 0.537. The second-order valence-corrected chi connectivity index (χ2v) is 5.31. The van der Waals surface area contributed by atoms with Crippen molar-refractivity contribution in [2.45, 2.75) is 4.90 Å². The predicted octanol–water partition coefficient (Wildman–Crippen LogP) is 0.699. The Hall–Kier alpha value is -1.27. The van der Waals surface area contributed by atoms with Gasteiger partial charge >= 0.3 is 0 Å². The van der Waals surface area contributed by atoms with Crippen LogP contribution >= 0.6 is 0 Å². The molecule has 0 atom stereocenters. The number of nitrogens with zero attached hydrogens (tertiary/aromatic N) is 1. The van der Waals surface area contributed by atoms with Crippen molar-refractivity contribution in [2.75, 3.05) is 26.1 Å². The summed E-state index contributed by atoms with van der Waals surface area (Å²) in [5, 5.41) is 3.01. The summed E-state index contributed by atoms with van der Waals surface area (Å²) in [6, 6.07) is 4.96. The molecule has 1 aliphatic rings. The van der Waals surface area contributed by atoms with Crippen molar-refractivity contribution in [1.82, 2.24) is 4.31 Å². The summed E-state index contributed by atoms with van der Waals surface area (Å²) >= 11 is 0. The van der Waals surface area contributed by atoms with Gasteiger partial charge < -0.3 is 10.1 Å². The average molecular weight is 228 g/mol. The molecule has 82 valence electrons. The van der Waals surface area contributed by atoms with Gasteiger partial charge in [0.25, 0.3) is 0 Å². The molecule has 0 fully saturated rings. The van der Waals surface area contributed by atoms with E-state index < -0.39 is 10.0 Å². The highest BCUT2D eigenvalue weighted by Gasteiger charge is 2.28. The van der Waals surface area contributed by atoms with Gasteiger partial charge in [-0.1, -0.05) is 0 Å². The van der Waals surface area contributed by atoms with Crippen LogP contribution in [0.4, 0.5) is 5.69 Å². The largest absolute Gasteiger partial charge is 0.497 e. The number of methoxy groups -OCH3 is 1. The molecule has 15 heavy (non-hydrogen) atoms. The number of rotatable bonds is 1. The number of benzene rings is 1. The van der Waals surface area contributed by atoms with Crippen molar-refractivity contribution >= 4 is 15.7 Å². The van der Waals surface area contributed by atoms with Crippen LogP contribution in [0.15, 0.2) is 23.1 Å². The fraction of sp³-hybridized carbons (Fsp3) is 0.333. The molecule has 1 aliphatic heterocycles. The number of nitrogens with one attached hydrogen (secondary N) is 1. The first kappa shape index (κ1) is 10.3. The Labute approximate surface area is 88.7 Å². The molecule has 1 heterocycles. The lowest BCUT2D eigenvalue weighted by molar-refractivity contribution is 0.412. The first-order chi connectivity index (χ1) is 7.05.